The number of hydrogen-bond acceptors (Lipinski definition) is 5. The van der Waals surface area contributed by atoms with Crippen LogP contribution in [0, 0.1) is 0 Å². The SMILES string of the molecule is Nc1ccc(S(=O)(=O)Nc2cnnc(Cl)c2)cc1. The average Bonchev–Trinajstić information content (AvgIpc) is 2.29. The number of nitrogens with two attached hydrogens (primary N) is 1. The zero-order valence-electron chi connectivity index (χ0n) is 9.04. The van der Waals surface area contributed by atoms with E-state index in [1.165, 1.54) is 36.5 Å². The first-order chi connectivity index (χ1) is 8.47. The van der Waals surface area contributed by atoms with Crippen molar-refractivity contribution in [3.05, 3.63) is 41.7 Å². The predicted octanol–water partition coefficient (Wildman–Crippen LogP) is 1.51. The molecular weight excluding hydrogens is 276 g/mol. The number of nitrogens with zero attached hydrogens (tertiary/aromatic N) is 2. The lowest BCUT2D eigenvalue weighted by Gasteiger charge is -2.07. The van der Waals surface area contributed by atoms with Crippen molar-refractivity contribution in [3.63, 3.8) is 0 Å². The Morgan fingerprint density at radius 3 is 2.50 bits per heavy atom. The van der Waals surface area contributed by atoms with Crippen molar-refractivity contribution >= 4 is 33.0 Å². The van der Waals surface area contributed by atoms with Crippen LogP contribution in [-0.2, 0) is 10.0 Å². The highest BCUT2D eigenvalue weighted by molar-refractivity contribution is 7.92. The standard InChI is InChI=1S/C10H9ClN4O2S/c11-10-5-8(6-13-14-10)15-18(16,17)9-3-1-7(12)2-4-9/h1-6H,12H2,(H,14,15). The minimum atomic E-state index is -3.68. The smallest absolute Gasteiger partial charge is 0.261 e. The molecule has 0 fully saturated rings. The van der Waals surface area contributed by atoms with Gasteiger partial charge in [0.05, 0.1) is 16.8 Å². The number of nitrogen functional groups attached to an aromatic ring is 1. The Morgan fingerprint density at radius 1 is 1.22 bits per heavy atom. The van der Waals surface area contributed by atoms with E-state index in [4.69, 9.17) is 17.3 Å². The molecule has 1 aromatic carbocycles. The van der Waals surface area contributed by atoms with Gasteiger partial charge in [0.25, 0.3) is 10.0 Å². The Hall–Kier alpha value is -1.86. The van der Waals surface area contributed by atoms with Crippen molar-refractivity contribution < 1.29 is 8.42 Å². The fourth-order valence-corrected chi connectivity index (χ4v) is 2.45. The van der Waals surface area contributed by atoms with E-state index < -0.39 is 10.0 Å². The molecule has 0 atom stereocenters. The molecule has 2 rings (SSSR count). The van der Waals surface area contributed by atoms with E-state index in [9.17, 15) is 8.42 Å². The first-order valence-corrected chi connectivity index (χ1v) is 6.70. The number of hydrogen-bond donors (Lipinski definition) is 2. The van der Waals surface area contributed by atoms with Gasteiger partial charge in [0, 0.05) is 11.8 Å². The van der Waals surface area contributed by atoms with Crippen molar-refractivity contribution in [2.75, 3.05) is 10.5 Å². The van der Waals surface area contributed by atoms with Gasteiger partial charge in [0.1, 0.15) is 0 Å². The second-order valence-corrected chi connectivity index (χ2v) is 5.51. The zero-order valence-corrected chi connectivity index (χ0v) is 10.6. The van der Waals surface area contributed by atoms with Gasteiger partial charge in [-0.25, -0.2) is 8.42 Å². The maximum Gasteiger partial charge on any atom is 0.261 e. The number of benzene rings is 1. The fourth-order valence-electron chi connectivity index (χ4n) is 1.26. The first-order valence-electron chi connectivity index (χ1n) is 4.84. The van der Waals surface area contributed by atoms with Crippen molar-refractivity contribution in [3.8, 4) is 0 Å². The van der Waals surface area contributed by atoms with Crippen LogP contribution in [0.15, 0.2) is 41.4 Å². The summed E-state index contributed by atoms with van der Waals surface area (Å²) in [5.41, 5.74) is 6.22. The van der Waals surface area contributed by atoms with Crippen molar-refractivity contribution in [1.82, 2.24) is 10.2 Å². The van der Waals surface area contributed by atoms with Crippen LogP contribution in [-0.4, -0.2) is 18.6 Å². The molecular formula is C10H9ClN4O2S. The van der Waals surface area contributed by atoms with E-state index in [0.717, 1.165) is 0 Å². The van der Waals surface area contributed by atoms with Crippen LogP contribution in [0.2, 0.25) is 5.15 Å². The van der Waals surface area contributed by atoms with Crippen LogP contribution in [0.4, 0.5) is 11.4 Å². The van der Waals surface area contributed by atoms with Crippen LogP contribution in [0.5, 0.6) is 0 Å². The third-order valence-corrected chi connectivity index (χ3v) is 3.65. The van der Waals surface area contributed by atoms with Gasteiger partial charge in [0.15, 0.2) is 5.15 Å². The monoisotopic (exact) mass is 284 g/mol. The number of nitrogens with one attached hydrogen (secondary N) is 1. The first kappa shape index (κ1) is 12.6. The lowest BCUT2D eigenvalue weighted by atomic mass is 10.3. The van der Waals surface area contributed by atoms with E-state index in [0.29, 0.717) is 5.69 Å². The van der Waals surface area contributed by atoms with Gasteiger partial charge in [-0.05, 0) is 24.3 Å². The molecule has 0 unspecified atom stereocenters. The highest BCUT2D eigenvalue weighted by Crippen LogP contribution is 2.17. The normalized spacial score (nSPS) is 11.2. The molecule has 2 aromatic rings. The van der Waals surface area contributed by atoms with E-state index in [1.807, 2.05) is 0 Å². The van der Waals surface area contributed by atoms with Crippen LogP contribution < -0.4 is 10.5 Å². The van der Waals surface area contributed by atoms with E-state index in [-0.39, 0.29) is 15.7 Å². The summed E-state index contributed by atoms with van der Waals surface area (Å²) in [4.78, 5) is 0.102. The lowest BCUT2D eigenvalue weighted by Crippen LogP contribution is -2.13. The van der Waals surface area contributed by atoms with Crippen molar-refractivity contribution in [2.24, 2.45) is 0 Å². The van der Waals surface area contributed by atoms with Gasteiger partial charge >= 0.3 is 0 Å². The molecule has 3 N–H and O–H groups in total. The molecule has 8 heteroatoms. The highest BCUT2D eigenvalue weighted by atomic mass is 35.5. The summed E-state index contributed by atoms with van der Waals surface area (Å²) in [7, 11) is -3.68. The quantitative estimate of drug-likeness (QED) is 0.833. The molecule has 6 nitrogen and oxygen atoms in total. The van der Waals surface area contributed by atoms with Crippen molar-refractivity contribution in [1.29, 1.82) is 0 Å². The van der Waals surface area contributed by atoms with Gasteiger partial charge in [-0.3, -0.25) is 4.72 Å². The number of anilines is 2. The fraction of sp³-hybridized carbons (Fsp3) is 0. The highest BCUT2D eigenvalue weighted by Gasteiger charge is 2.14. The molecule has 0 saturated carbocycles. The Kier molecular flexibility index (Phi) is 3.35. The molecule has 0 spiro atoms. The predicted molar refractivity (Wildman–Crippen MR) is 68.7 cm³/mol. The summed E-state index contributed by atoms with van der Waals surface area (Å²) in [6.45, 7) is 0. The summed E-state index contributed by atoms with van der Waals surface area (Å²) in [5.74, 6) is 0. The number of rotatable bonds is 3. The number of sulfonamides is 1. The van der Waals surface area contributed by atoms with Gasteiger partial charge < -0.3 is 5.73 Å². The molecule has 1 heterocycles. The largest absolute Gasteiger partial charge is 0.399 e. The minimum absolute atomic E-state index is 0.102. The van der Waals surface area contributed by atoms with Crippen LogP contribution in [0.1, 0.15) is 0 Å². The Labute approximate surface area is 109 Å². The van der Waals surface area contributed by atoms with Gasteiger partial charge in [-0.2, -0.15) is 5.10 Å². The van der Waals surface area contributed by atoms with Crippen LogP contribution in [0.3, 0.4) is 0 Å². The minimum Gasteiger partial charge on any atom is -0.399 e. The average molecular weight is 285 g/mol. The molecule has 0 radical (unpaired) electrons. The molecule has 0 aliphatic heterocycles. The molecule has 0 aliphatic rings. The summed E-state index contributed by atoms with van der Waals surface area (Å²) in [5, 5.41) is 7.17. The van der Waals surface area contributed by atoms with Gasteiger partial charge in [0.2, 0.25) is 0 Å². The molecule has 0 amide bonds. The zero-order chi connectivity index (χ0) is 13.2. The van der Waals surface area contributed by atoms with Gasteiger partial charge in [-0.1, -0.05) is 11.6 Å². The van der Waals surface area contributed by atoms with Crippen LogP contribution >= 0.6 is 11.6 Å². The molecule has 0 saturated heterocycles. The molecule has 0 bridgehead atoms. The maximum atomic E-state index is 12.0. The maximum absolute atomic E-state index is 12.0. The number of halogens is 1. The van der Waals surface area contributed by atoms with E-state index >= 15 is 0 Å². The molecule has 0 aliphatic carbocycles. The summed E-state index contributed by atoms with van der Waals surface area (Å²) >= 11 is 5.62. The summed E-state index contributed by atoms with van der Waals surface area (Å²) in [6.07, 6.45) is 1.26. The molecule has 18 heavy (non-hydrogen) atoms. The molecule has 94 valence electrons. The number of aromatic nitrogens is 2. The van der Waals surface area contributed by atoms with E-state index in [1.54, 1.807) is 0 Å². The molecule has 1 aromatic heterocycles. The second-order valence-electron chi connectivity index (χ2n) is 3.44. The Morgan fingerprint density at radius 2 is 1.89 bits per heavy atom. The second kappa shape index (κ2) is 4.79. The lowest BCUT2D eigenvalue weighted by molar-refractivity contribution is 0.601. The topological polar surface area (TPSA) is 98.0 Å². The third-order valence-electron chi connectivity index (χ3n) is 2.07. The Balaban J connectivity index is 2.30. The van der Waals surface area contributed by atoms with Crippen molar-refractivity contribution in [2.45, 2.75) is 4.90 Å². The third kappa shape index (κ3) is 2.88. The van der Waals surface area contributed by atoms with Crippen LogP contribution in [0.25, 0.3) is 0 Å². The van der Waals surface area contributed by atoms with E-state index in [2.05, 4.69) is 14.9 Å². The summed E-state index contributed by atoms with van der Waals surface area (Å²) in [6, 6.07) is 7.20. The van der Waals surface area contributed by atoms with Gasteiger partial charge in [-0.15, -0.1) is 5.10 Å². The summed E-state index contributed by atoms with van der Waals surface area (Å²) < 4.78 is 26.3. The Bertz CT molecular complexity index is 658.